The molecule has 0 bridgehead atoms. The first-order chi connectivity index (χ1) is 13.4. The maximum Gasteiger partial charge on any atom is 0.252 e. The number of nitrogens with one attached hydrogen (secondary N) is 1. The first-order valence-corrected chi connectivity index (χ1v) is 9.19. The van der Waals surface area contributed by atoms with E-state index in [0.29, 0.717) is 5.56 Å². The Hall–Kier alpha value is -3.35. The van der Waals surface area contributed by atoms with Crippen molar-refractivity contribution in [1.29, 1.82) is 0 Å². The zero-order valence-corrected chi connectivity index (χ0v) is 16.0. The molecule has 3 nitrogen and oxygen atoms in total. The van der Waals surface area contributed by atoms with E-state index in [1.54, 1.807) is 38.1 Å². The van der Waals surface area contributed by atoms with Gasteiger partial charge in [0.1, 0.15) is 5.60 Å². The van der Waals surface area contributed by atoms with Gasteiger partial charge in [0, 0.05) is 11.1 Å². The minimum atomic E-state index is -1.05. The van der Waals surface area contributed by atoms with E-state index in [-0.39, 0.29) is 11.9 Å². The second kappa shape index (κ2) is 8.56. The van der Waals surface area contributed by atoms with Gasteiger partial charge >= 0.3 is 0 Å². The van der Waals surface area contributed by atoms with E-state index in [1.807, 2.05) is 60.7 Å². The van der Waals surface area contributed by atoms with Crippen LogP contribution in [0.15, 0.2) is 84.9 Å². The van der Waals surface area contributed by atoms with Crippen molar-refractivity contribution in [2.75, 3.05) is 0 Å². The molecule has 0 saturated heterocycles. The van der Waals surface area contributed by atoms with Crippen LogP contribution in [-0.2, 0) is 0 Å². The molecular weight excluding hydrogens is 346 g/mol. The Balaban J connectivity index is 1.81. The summed E-state index contributed by atoms with van der Waals surface area (Å²) in [6, 6.07) is 26.6. The van der Waals surface area contributed by atoms with Crippen LogP contribution in [0.5, 0.6) is 0 Å². The van der Waals surface area contributed by atoms with E-state index < -0.39 is 5.60 Å². The quantitative estimate of drug-likeness (QED) is 0.673. The van der Waals surface area contributed by atoms with Crippen molar-refractivity contribution in [3.05, 3.63) is 107 Å². The average molecular weight is 369 g/mol. The molecule has 0 radical (unpaired) electrons. The highest BCUT2D eigenvalue weighted by Crippen LogP contribution is 2.22. The Labute approximate surface area is 166 Å². The van der Waals surface area contributed by atoms with Gasteiger partial charge in [0.15, 0.2) is 0 Å². The Morgan fingerprint density at radius 1 is 0.857 bits per heavy atom. The molecule has 0 aromatic heterocycles. The summed E-state index contributed by atoms with van der Waals surface area (Å²) in [5, 5.41) is 12.8. The summed E-state index contributed by atoms with van der Waals surface area (Å²) >= 11 is 0. The predicted octanol–water partition coefficient (Wildman–Crippen LogP) is 4.33. The van der Waals surface area contributed by atoms with Crippen LogP contribution >= 0.6 is 0 Å². The zero-order chi connectivity index (χ0) is 20.0. The van der Waals surface area contributed by atoms with Gasteiger partial charge < -0.3 is 10.4 Å². The Bertz CT molecular complexity index is 936. The number of hydrogen-bond acceptors (Lipinski definition) is 2. The molecule has 0 spiro atoms. The summed E-state index contributed by atoms with van der Waals surface area (Å²) in [6.45, 7) is 3.27. The van der Waals surface area contributed by atoms with Gasteiger partial charge in [0.2, 0.25) is 0 Å². The topological polar surface area (TPSA) is 49.3 Å². The van der Waals surface area contributed by atoms with E-state index >= 15 is 0 Å². The highest BCUT2D eigenvalue weighted by Gasteiger charge is 2.17. The number of rotatable bonds is 4. The third kappa shape index (κ3) is 5.33. The normalized spacial score (nSPS) is 10.9. The van der Waals surface area contributed by atoms with E-state index in [9.17, 15) is 9.90 Å². The number of amides is 1. The van der Waals surface area contributed by atoms with Gasteiger partial charge in [-0.05, 0) is 49.2 Å². The molecule has 0 aliphatic heterocycles. The minimum Gasteiger partial charge on any atom is -0.378 e. The molecule has 0 saturated carbocycles. The lowest BCUT2D eigenvalue weighted by Crippen LogP contribution is -2.29. The van der Waals surface area contributed by atoms with Crippen LogP contribution in [0.3, 0.4) is 0 Å². The summed E-state index contributed by atoms with van der Waals surface area (Å²) in [5.41, 5.74) is 2.31. The maximum atomic E-state index is 12.8. The Morgan fingerprint density at radius 3 is 1.82 bits per heavy atom. The van der Waals surface area contributed by atoms with E-state index in [4.69, 9.17) is 0 Å². The molecule has 3 heteroatoms. The standard InChI is InChI=1S/C25H23NO2/c1-25(2,28)18-17-19-13-15-22(16-14-19)24(27)26-23(20-9-5-3-6-10-20)21-11-7-4-8-12-21/h3-16,23,28H,1-2H3,(H,26,27). The summed E-state index contributed by atoms with van der Waals surface area (Å²) in [7, 11) is 0. The molecule has 0 unspecified atom stereocenters. The molecule has 28 heavy (non-hydrogen) atoms. The van der Waals surface area contributed by atoms with Crippen LogP contribution in [0.1, 0.15) is 46.9 Å². The van der Waals surface area contributed by atoms with Gasteiger partial charge in [0.25, 0.3) is 5.91 Å². The largest absolute Gasteiger partial charge is 0.378 e. The molecule has 3 rings (SSSR count). The second-order valence-electron chi connectivity index (χ2n) is 7.11. The molecule has 0 heterocycles. The zero-order valence-electron chi connectivity index (χ0n) is 16.0. The Kier molecular flexibility index (Phi) is 5.93. The van der Waals surface area contributed by atoms with Crippen LogP contribution < -0.4 is 5.32 Å². The highest BCUT2D eigenvalue weighted by molar-refractivity contribution is 5.94. The monoisotopic (exact) mass is 369 g/mol. The van der Waals surface area contributed by atoms with Crippen molar-refractivity contribution < 1.29 is 9.90 Å². The number of carbonyl (C=O) groups excluding carboxylic acids is 1. The minimum absolute atomic E-state index is 0.153. The van der Waals surface area contributed by atoms with Crippen molar-refractivity contribution >= 4 is 5.91 Å². The molecule has 0 aliphatic rings. The lowest BCUT2D eigenvalue weighted by molar-refractivity contribution is 0.0943. The fourth-order valence-corrected chi connectivity index (χ4v) is 2.79. The molecule has 1 amide bonds. The smallest absolute Gasteiger partial charge is 0.252 e. The van der Waals surface area contributed by atoms with Gasteiger partial charge in [-0.15, -0.1) is 0 Å². The average Bonchev–Trinajstić information content (AvgIpc) is 2.71. The van der Waals surface area contributed by atoms with Crippen molar-refractivity contribution in [3.8, 4) is 11.8 Å². The number of hydrogen-bond donors (Lipinski definition) is 2. The molecule has 2 N–H and O–H groups in total. The molecular formula is C25H23NO2. The fourth-order valence-electron chi connectivity index (χ4n) is 2.79. The van der Waals surface area contributed by atoms with Gasteiger partial charge in [-0.25, -0.2) is 0 Å². The van der Waals surface area contributed by atoms with Crippen LogP contribution in [0.4, 0.5) is 0 Å². The lowest BCUT2D eigenvalue weighted by Gasteiger charge is -2.20. The Morgan fingerprint density at radius 2 is 1.36 bits per heavy atom. The highest BCUT2D eigenvalue weighted by atomic mass is 16.3. The number of benzene rings is 3. The molecule has 3 aromatic rings. The van der Waals surface area contributed by atoms with E-state index in [0.717, 1.165) is 16.7 Å². The SMILES string of the molecule is CC(C)(O)C#Cc1ccc(C(=O)NC(c2ccccc2)c2ccccc2)cc1. The van der Waals surface area contributed by atoms with Crippen LogP contribution in [0.2, 0.25) is 0 Å². The van der Waals surface area contributed by atoms with E-state index in [1.165, 1.54) is 0 Å². The van der Waals surface area contributed by atoms with Gasteiger partial charge in [-0.1, -0.05) is 72.5 Å². The van der Waals surface area contributed by atoms with Gasteiger partial charge in [-0.2, -0.15) is 0 Å². The number of carbonyl (C=O) groups is 1. The van der Waals surface area contributed by atoms with Crippen molar-refractivity contribution in [2.24, 2.45) is 0 Å². The van der Waals surface area contributed by atoms with Gasteiger partial charge in [0.05, 0.1) is 6.04 Å². The van der Waals surface area contributed by atoms with Crippen LogP contribution in [0, 0.1) is 11.8 Å². The van der Waals surface area contributed by atoms with Gasteiger partial charge in [-0.3, -0.25) is 4.79 Å². The summed E-state index contributed by atoms with van der Waals surface area (Å²) < 4.78 is 0. The molecule has 140 valence electrons. The van der Waals surface area contributed by atoms with E-state index in [2.05, 4.69) is 17.2 Å². The van der Waals surface area contributed by atoms with Crippen molar-refractivity contribution in [1.82, 2.24) is 5.32 Å². The first kappa shape index (κ1) is 19.4. The fraction of sp³-hybridized carbons (Fsp3) is 0.160. The molecule has 3 aromatic carbocycles. The van der Waals surface area contributed by atoms with Crippen molar-refractivity contribution in [2.45, 2.75) is 25.5 Å². The molecule has 0 fully saturated rings. The third-order valence-electron chi connectivity index (χ3n) is 4.20. The summed E-state index contributed by atoms with van der Waals surface area (Å²) in [6.07, 6.45) is 0. The lowest BCUT2D eigenvalue weighted by atomic mass is 9.98. The maximum absolute atomic E-state index is 12.8. The number of aliphatic hydroxyl groups is 1. The van der Waals surface area contributed by atoms with Crippen LogP contribution in [-0.4, -0.2) is 16.6 Å². The summed E-state index contributed by atoms with van der Waals surface area (Å²) in [5.74, 6) is 5.53. The van der Waals surface area contributed by atoms with Crippen molar-refractivity contribution in [3.63, 3.8) is 0 Å². The predicted molar refractivity (Wildman–Crippen MR) is 112 cm³/mol. The first-order valence-electron chi connectivity index (χ1n) is 9.19. The molecule has 0 atom stereocenters. The third-order valence-corrected chi connectivity index (χ3v) is 4.20. The second-order valence-corrected chi connectivity index (χ2v) is 7.11. The van der Waals surface area contributed by atoms with Crippen LogP contribution in [0.25, 0.3) is 0 Å². The summed E-state index contributed by atoms with van der Waals surface area (Å²) in [4.78, 5) is 12.8. The molecule has 0 aliphatic carbocycles.